The smallest absolute Gasteiger partial charge is 0.0174 e. The molecule has 0 aliphatic heterocycles. The van der Waals surface area contributed by atoms with Gasteiger partial charge in [0, 0.05) is 16.7 Å². The first-order chi connectivity index (χ1) is 9.69. The van der Waals surface area contributed by atoms with Crippen molar-refractivity contribution in [1.82, 2.24) is 0 Å². The molecule has 0 aromatic heterocycles. The predicted octanol–water partition coefficient (Wildman–Crippen LogP) is 4.22. The van der Waals surface area contributed by atoms with Crippen LogP contribution in [-0.2, 0) is 12.8 Å². The van der Waals surface area contributed by atoms with Gasteiger partial charge in [-0.25, -0.2) is 0 Å². The molecule has 2 aromatic rings. The van der Waals surface area contributed by atoms with E-state index in [1.54, 1.807) is 0 Å². The fourth-order valence-corrected chi connectivity index (χ4v) is 3.17. The zero-order valence-corrected chi connectivity index (χ0v) is 13.1. The highest BCUT2D eigenvalue weighted by Crippen LogP contribution is 2.22. The maximum absolute atomic E-state index is 6.25. The first kappa shape index (κ1) is 15.1. The Balaban J connectivity index is 1.86. The van der Waals surface area contributed by atoms with Crippen LogP contribution in [0.5, 0.6) is 0 Å². The quantitative estimate of drug-likeness (QED) is 0.804. The van der Waals surface area contributed by atoms with Crippen LogP contribution in [0.2, 0.25) is 0 Å². The van der Waals surface area contributed by atoms with E-state index in [4.69, 9.17) is 5.73 Å². The molecule has 0 fully saturated rings. The van der Waals surface area contributed by atoms with Crippen molar-refractivity contribution in [2.24, 2.45) is 5.73 Å². The Morgan fingerprint density at radius 3 is 2.30 bits per heavy atom. The van der Waals surface area contributed by atoms with Crippen LogP contribution in [0.15, 0.2) is 53.4 Å². The van der Waals surface area contributed by atoms with Crippen molar-refractivity contribution in [3.05, 3.63) is 65.2 Å². The predicted molar refractivity (Wildman–Crippen MR) is 89.4 cm³/mol. The van der Waals surface area contributed by atoms with Gasteiger partial charge in [0.15, 0.2) is 0 Å². The van der Waals surface area contributed by atoms with Gasteiger partial charge in [-0.2, -0.15) is 0 Å². The highest BCUT2D eigenvalue weighted by Gasteiger charge is 2.06. The standard InChI is InChI=1S/C18H23NS/c1-3-15-8-10-16(11-9-15)12-17(19)13-20-18-7-5-4-6-14(18)2/h4-11,17H,3,12-13,19H2,1-2H3. The molecule has 2 N–H and O–H groups in total. The topological polar surface area (TPSA) is 26.0 Å². The second-order valence-electron chi connectivity index (χ2n) is 5.21. The van der Waals surface area contributed by atoms with Crippen molar-refractivity contribution in [2.45, 2.75) is 37.6 Å². The minimum absolute atomic E-state index is 0.201. The van der Waals surface area contributed by atoms with Gasteiger partial charge in [0.1, 0.15) is 0 Å². The van der Waals surface area contributed by atoms with Gasteiger partial charge in [-0.15, -0.1) is 11.8 Å². The fourth-order valence-electron chi connectivity index (χ4n) is 2.19. The molecule has 1 atom stereocenters. The van der Waals surface area contributed by atoms with E-state index in [0.29, 0.717) is 0 Å². The van der Waals surface area contributed by atoms with Crippen LogP contribution in [0.25, 0.3) is 0 Å². The zero-order valence-electron chi connectivity index (χ0n) is 12.3. The molecule has 0 radical (unpaired) electrons. The number of hydrogen-bond donors (Lipinski definition) is 1. The monoisotopic (exact) mass is 285 g/mol. The normalized spacial score (nSPS) is 12.3. The Morgan fingerprint density at radius 2 is 1.65 bits per heavy atom. The molecule has 0 saturated heterocycles. The Labute approximate surface area is 126 Å². The van der Waals surface area contributed by atoms with Crippen LogP contribution in [0.1, 0.15) is 23.6 Å². The Kier molecular flexibility index (Phi) is 5.69. The van der Waals surface area contributed by atoms with Gasteiger partial charge in [0.25, 0.3) is 0 Å². The Bertz CT molecular complexity index is 533. The molecular formula is C18H23NS. The summed E-state index contributed by atoms with van der Waals surface area (Å²) in [5, 5.41) is 0. The van der Waals surface area contributed by atoms with E-state index in [9.17, 15) is 0 Å². The molecule has 0 heterocycles. The summed E-state index contributed by atoms with van der Waals surface area (Å²) in [6, 6.07) is 17.5. The summed E-state index contributed by atoms with van der Waals surface area (Å²) in [7, 11) is 0. The van der Waals surface area contributed by atoms with Crippen LogP contribution in [0.4, 0.5) is 0 Å². The summed E-state index contributed by atoms with van der Waals surface area (Å²) < 4.78 is 0. The van der Waals surface area contributed by atoms with Crippen molar-refractivity contribution in [1.29, 1.82) is 0 Å². The molecule has 106 valence electrons. The summed E-state index contributed by atoms with van der Waals surface area (Å²) >= 11 is 1.86. The zero-order chi connectivity index (χ0) is 14.4. The third-order valence-electron chi connectivity index (χ3n) is 3.48. The molecule has 0 amide bonds. The lowest BCUT2D eigenvalue weighted by atomic mass is 10.0. The number of rotatable bonds is 6. The van der Waals surface area contributed by atoms with E-state index in [-0.39, 0.29) is 6.04 Å². The molecule has 0 aliphatic carbocycles. The van der Waals surface area contributed by atoms with Crippen LogP contribution < -0.4 is 5.73 Å². The minimum atomic E-state index is 0.201. The second kappa shape index (κ2) is 7.51. The molecule has 2 rings (SSSR count). The fraction of sp³-hybridized carbons (Fsp3) is 0.333. The summed E-state index contributed by atoms with van der Waals surface area (Å²) in [5.41, 5.74) is 10.3. The molecule has 0 aliphatic rings. The van der Waals surface area contributed by atoms with Gasteiger partial charge in [0.05, 0.1) is 0 Å². The maximum Gasteiger partial charge on any atom is 0.0174 e. The number of thioether (sulfide) groups is 1. The maximum atomic E-state index is 6.25. The van der Waals surface area contributed by atoms with Crippen LogP contribution in [0.3, 0.4) is 0 Å². The molecule has 2 aromatic carbocycles. The summed E-state index contributed by atoms with van der Waals surface area (Å²) in [6.45, 7) is 4.33. The van der Waals surface area contributed by atoms with E-state index in [2.05, 4.69) is 62.4 Å². The third kappa shape index (κ3) is 4.39. The van der Waals surface area contributed by atoms with Crippen molar-refractivity contribution >= 4 is 11.8 Å². The molecule has 20 heavy (non-hydrogen) atoms. The molecule has 1 unspecified atom stereocenters. The minimum Gasteiger partial charge on any atom is -0.327 e. The molecule has 1 nitrogen and oxygen atoms in total. The van der Waals surface area contributed by atoms with Gasteiger partial charge in [0.2, 0.25) is 0 Å². The van der Waals surface area contributed by atoms with E-state index < -0.39 is 0 Å². The number of benzene rings is 2. The third-order valence-corrected chi connectivity index (χ3v) is 4.84. The molecule has 2 heteroatoms. The van der Waals surface area contributed by atoms with E-state index in [1.807, 2.05) is 11.8 Å². The molecule has 0 saturated carbocycles. The number of hydrogen-bond acceptors (Lipinski definition) is 2. The van der Waals surface area contributed by atoms with Gasteiger partial charge < -0.3 is 5.73 Å². The first-order valence-electron chi connectivity index (χ1n) is 7.21. The highest BCUT2D eigenvalue weighted by atomic mass is 32.2. The number of nitrogens with two attached hydrogens (primary N) is 1. The summed E-state index contributed by atoms with van der Waals surface area (Å²) in [5.74, 6) is 0.959. The summed E-state index contributed by atoms with van der Waals surface area (Å²) in [4.78, 5) is 1.34. The lowest BCUT2D eigenvalue weighted by Gasteiger charge is -2.12. The molecular weight excluding hydrogens is 262 g/mol. The van der Waals surface area contributed by atoms with E-state index >= 15 is 0 Å². The first-order valence-corrected chi connectivity index (χ1v) is 8.19. The van der Waals surface area contributed by atoms with Gasteiger partial charge in [-0.1, -0.05) is 49.4 Å². The van der Waals surface area contributed by atoms with Crippen molar-refractivity contribution in [3.63, 3.8) is 0 Å². The Morgan fingerprint density at radius 1 is 1.00 bits per heavy atom. The van der Waals surface area contributed by atoms with E-state index in [1.165, 1.54) is 21.6 Å². The summed E-state index contributed by atoms with van der Waals surface area (Å²) in [6.07, 6.45) is 2.04. The van der Waals surface area contributed by atoms with Gasteiger partial charge >= 0.3 is 0 Å². The average molecular weight is 285 g/mol. The largest absolute Gasteiger partial charge is 0.327 e. The van der Waals surface area contributed by atoms with Crippen LogP contribution in [-0.4, -0.2) is 11.8 Å². The molecule has 0 spiro atoms. The molecule has 0 bridgehead atoms. The Hall–Kier alpha value is -1.25. The highest BCUT2D eigenvalue weighted by molar-refractivity contribution is 7.99. The lowest BCUT2D eigenvalue weighted by molar-refractivity contribution is 0.748. The number of aryl methyl sites for hydroxylation is 2. The van der Waals surface area contributed by atoms with Crippen LogP contribution >= 0.6 is 11.8 Å². The van der Waals surface area contributed by atoms with Crippen molar-refractivity contribution in [3.8, 4) is 0 Å². The van der Waals surface area contributed by atoms with Gasteiger partial charge in [-0.3, -0.25) is 0 Å². The van der Waals surface area contributed by atoms with Crippen molar-refractivity contribution in [2.75, 3.05) is 5.75 Å². The SMILES string of the molecule is CCc1ccc(CC(N)CSc2ccccc2C)cc1. The van der Waals surface area contributed by atoms with Gasteiger partial charge in [-0.05, 0) is 42.5 Å². The van der Waals surface area contributed by atoms with Crippen LogP contribution in [0, 0.1) is 6.92 Å². The average Bonchev–Trinajstić information content (AvgIpc) is 2.47. The second-order valence-corrected chi connectivity index (χ2v) is 6.27. The van der Waals surface area contributed by atoms with Crippen molar-refractivity contribution < 1.29 is 0 Å². The van der Waals surface area contributed by atoms with E-state index in [0.717, 1.165) is 18.6 Å². The lowest BCUT2D eigenvalue weighted by Crippen LogP contribution is -2.25.